The molecular formula is C12H8ClO. The molecule has 2 rings (SSSR count). The molecule has 0 amide bonds. The highest BCUT2D eigenvalue weighted by molar-refractivity contribution is 6.30. The summed E-state index contributed by atoms with van der Waals surface area (Å²) in [5.74, 6) is 0.225. The Morgan fingerprint density at radius 2 is 1.71 bits per heavy atom. The number of halogens is 1. The molecule has 0 fully saturated rings. The van der Waals surface area contributed by atoms with Crippen LogP contribution in [0.3, 0.4) is 0 Å². The third-order valence-electron chi connectivity index (χ3n) is 1.95. The highest BCUT2D eigenvalue weighted by Crippen LogP contribution is 2.22. The molecule has 1 N–H and O–H groups in total. The first-order valence-electron chi connectivity index (χ1n) is 4.22. The van der Waals surface area contributed by atoms with Crippen molar-refractivity contribution < 1.29 is 5.11 Å². The van der Waals surface area contributed by atoms with Gasteiger partial charge in [0.2, 0.25) is 0 Å². The second kappa shape index (κ2) is 3.72. The van der Waals surface area contributed by atoms with Gasteiger partial charge in [-0.1, -0.05) is 29.8 Å². The fourth-order valence-electron chi connectivity index (χ4n) is 1.23. The molecule has 2 aromatic rings. The van der Waals surface area contributed by atoms with Crippen LogP contribution < -0.4 is 0 Å². The van der Waals surface area contributed by atoms with Crippen LogP contribution in [-0.4, -0.2) is 5.11 Å². The van der Waals surface area contributed by atoms with Gasteiger partial charge in [0.15, 0.2) is 0 Å². The van der Waals surface area contributed by atoms with Crippen LogP contribution in [0.5, 0.6) is 5.75 Å². The second-order valence-electron chi connectivity index (χ2n) is 2.97. The number of aromatic hydroxyl groups is 1. The molecule has 0 atom stereocenters. The second-order valence-corrected chi connectivity index (χ2v) is 3.40. The van der Waals surface area contributed by atoms with Gasteiger partial charge >= 0.3 is 0 Å². The molecule has 0 saturated heterocycles. The predicted octanol–water partition coefficient (Wildman–Crippen LogP) is 3.51. The Morgan fingerprint density at radius 1 is 1.00 bits per heavy atom. The summed E-state index contributed by atoms with van der Waals surface area (Å²) in [6, 6.07) is 15.5. The van der Waals surface area contributed by atoms with Gasteiger partial charge < -0.3 is 5.11 Å². The van der Waals surface area contributed by atoms with E-state index in [0.717, 1.165) is 11.1 Å². The SMILES string of the molecule is Oc1c[c]c(-c2ccc(Cl)cc2)cc1. The van der Waals surface area contributed by atoms with Crippen molar-refractivity contribution in [3.05, 3.63) is 53.6 Å². The maximum atomic E-state index is 9.10. The molecule has 0 aromatic heterocycles. The summed E-state index contributed by atoms with van der Waals surface area (Å²) in [5.41, 5.74) is 1.98. The molecule has 0 bridgehead atoms. The summed E-state index contributed by atoms with van der Waals surface area (Å²) in [7, 11) is 0. The molecule has 0 aliphatic rings. The molecule has 1 radical (unpaired) electrons. The molecule has 0 aliphatic carbocycles. The molecule has 69 valence electrons. The van der Waals surface area contributed by atoms with E-state index in [1.165, 1.54) is 0 Å². The lowest BCUT2D eigenvalue weighted by atomic mass is 10.1. The van der Waals surface area contributed by atoms with Gasteiger partial charge in [0.1, 0.15) is 5.75 Å². The Labute approximate surface area is 87.6 Å². The third-order valence-corrected chi connectivity index (χ3v) is 2.20. The summed E-state index contributed by atoms with van der Waals surface area (Å²) < 4.78 is 0. The monoisotopic (exact) mass is 203 g/mol. The summed E-state index contributed by atoms with van der Waals surface area (Å²) >= 11 is 5.77. The van der Waals surface area contributed by atoms with Crippen LogP contribution in [0, 0.1) is 6.07 Å². The minimum absolute atomic E-state index is 0.225. The van der Waals surface area contributed by atoms with Gasteiger partial charge in [-0.2, -0.15) is 0 Å². The molecule has 14 heavy (non-hydrogen) atoms. The van der Waals surface area contributed by atoms with Gasteiger partial charge in [0.05, 0.1) is 0 Å². The van der Waals surface area contributed by atoms with Gasteiger partial charge in [-0.05, 0) is 41.5 Å². The zero-order valence-electron chi connectivity index (χ0n) is 7.37. The van der Waals surface area contributed by atoms with Crippen molar-refractivity contribution in [2.75, 3.05) is 0 Å². The van der Waals surface area contributed by atoms with E-state index in [1.807, 2.05) is 30.3 Å². The first-order chi connectivity index (χ1) is 6.75. The van der Waals surface area contributed by atoms with Crippen LogP contribution >= 0.6 is 11.6 Å². The van der Waals surface area contributed by atoms with Crippen molar-refractivity contribution in [2.24, 2.45) is 0 Å². The minimum atomic E-state index is 0.225. The molecule has 0 saturated carbocycles. The highest BCUT2D eigenvalue weighted by Gasteiger charge is 1.97. The topological polar surface area (TPSA) is 20.2 Å². The zero-order chi connectivity index (χ0) is 9.97. The first-order valence-corrected chi connectivity index (χ1v) is 4.60. The maximum Gasteiger partial charge on any atom is 0.116 e. The van der Waals surface area contributed by atoms with E-state index in [0.29, 0.717) is 5.02 Å². The Kier molecular flexibility index (Phi) is 2.42. The largest absolute Gasteiger partial charge is 0.508 e. The normalized spacial score (nSPS) is 10.1. The Morgan fingerprint density at radius 3 is 2.29 bits per heavy atom. The smallest absolute Gasteiger partial charge is 0.116 e. The number of phenolic OH excluding ortho intramolecular Hbond substituents is 1. The van der Waals surface area contributed by atoms with E-state index >= 15 is 0 Å². The lowest BCUT2D eigenvalue weighted by molar-refractivity contribution is 0.475. The van der Waals surface area contributed by atoms with E-state index in [-0.39, 0.29) is 5.75 Å². The van der Waals surface area contributed by atoms with Crippen molar-refractivity contribution in [3.8, 4) is 16.9 Å². The van der Waals surface area contributed by atoms with E-state index < -0.39 is 0 Å². The van der Waals surface area contributed by atoms with E-state index in [4.69, 9.17) is 16.7 Å². The number of hydrogen-bond acceptors (Lipinski definition) is 1. The minimum Gasteiger partial charge on any atom is -0.508 e. The summed E-state index contributed by atoms with van der Waals surface area (Å²) in [5, 5.41) is 9.81. The van der Waals surface area contributed by atoms with Gasteiger partial charge in [-0.3, -0.25) is 0 Å². The maximum absolute atomic E-state index is 9.10. The standard InChI is InChI=1S/C12H8ClO/c13-11-5-1-9(2-6-11)10-3-7-12(14)8-4-10/h1-3,5-8,14H. The average Bonchev–Trinajstić information content (AvgIpc) is 2.21. The van der Waals surface area contributed by atoms with Gasteiger partial charge in [0, 0.05) is 5.02 Å². The molecule has 2 heteroatoms. The fraction of sp³-hybridized carbons (Fsp3) is 0. The quantitative estimate of drug-likeness (QED) is 0.752. The third kappa shape index (κ3) is 1.88. The van der Waals surface area contributed by atoms with Gasteiger partial charge in [-0.25, -0.2) is 0 Å². The van der Waals surface area contributed by atoms with Crippen LogP contribution in [0.1, 0.15) is 0 Å². The average molecular weight is 204 g/mol. The number of rotatable bonds is 1. The van der Waals surface area contributed by atoms with Crippen molar-refractivity contribution in [1.82, 2.24) is 0 Å². The molecule has 0 spiro atoms. The van der Waals surface area contributed by atoms with Crippen LogP contribution in [0.2, 0.25) is 5.02 Å². The summed E-state index contributed by atoms with van der Waals surface area (Å²) in [6.07, 6.45) is 0. The van der Waals surface area contributed by atoms with Crippen LogP contribution in [-0.2, 0) is 0 Å². The van der Waals surface area contributed by atoms with E-state index in [1.54, 1.807) is 12.1 Å². The Balaban J connectivity index is 2.40. The van der Waals surface area contributed by atoms with Gasteiger partial charge in [0.25, 0.3) is 0 Å². The van der Waals surface area contributed by atoms with Crippen molar-refractivity contribution >= 4 is 11.6 Å². The lowest BCUT2D eigenvalue weighted by Crippen LogP contribution is -1.76. The van der Waals surface area contributed by atoms with Crippen molar-refractivity contribution in [2.45, 2.75) is 0 Å². The highest BCUT2D eigenvalue weighted by atomic mass is 35.5. The fourth-order valence-corrected chi connectivity index (χ4v) is 1.35. The first kappa shape index (κ1) is 9.10. The number of benzene rings is 2. The van der Waals surface area contributed by atoms with Crippen LogP contribution in [0.15, 0.2) is 42.5 Å². The van der Waals surface area contributed by atoms with Crippen LogP contribution in [0.25, 0.3) is 11.1 Å². The number of hydrogen-bond donors (Lipinski definition) is 1. The molecular weight excluding hydrogens is 196 g/mol. The lowest BCUT2D eigenvalue weighted by Gasteiger charge is -2.00. The molecule has 0 unspecified atom stereocenters. The Hall–Kier alpha value is -1.47. The van der Waals surface area contributed by atoms with Gasteiger partial charge in [-0.15, -0.1) is 0 Å². The van der Waals surface area contributed by atoms with Crippen molar-refractivity contribution in [3.63, 3.8) is 0 Å². The predicted molar refractivity (Wildman–Crippen MR) is 57.4 cm³/mol. The number of phenols is 1. The molecule has 0 heterocycles. The van der Waals surface area contributed by atoms with E-state index in [2.05, 4.69) is 6.07 Å². The van der Waals surface area contributed by atoms with Crippen molar-refractivity contribution in [1.29, 1.82) is 0 Å². The molecule has 2 aromatic carbocycles. The Bertz CT molecular complexity index is 374. The summed E-state index contributed by atoms with van der Waals surface area (Å²) in [6.45, 7) is 0. The molecule has 1 nitrogen and oxygen atoms in total. The van der Waals surface area contributed by atoms with E-state index in [9.17, 15) is 0 Å². The summed E-state index contributed by atoms with van der Waals surface area (Å²) in [4.78, 5) is 0. The zero-order valence-corrected chi connectivity index (χ0v) is 8.12. The van der Waals surface area contributed by atoms with Crippen LogP contribution in [0.4, 0.5) is 0 Å². The molecule has 0 aliphatic heterocycles.